The van der Waals surface area contributed by atoms with E-state index in [2.05, 4.69) is 4.98 Å². The minimum Gasteiger partial charge on any atom is -0.388 e. The maximum absolute atomic E-state index is 13.1. The number of aliphatic hydroxyl groups excluding tert-OH is 1. The number of hydrogen-bond donors (Lipinski definition) is 1. The van der Waals surface area contributed by atoms with Crippen LogP contribution in [0.5, 0.6) is 0 Å². The summed E-state index contributed by atoms with van der Waals surface area (Å²) >= 11 is 1.13. The van der Waals surface area contributed by atoms with E-state index in [0.717, 1.165) is 23.5 Å². The topological polar surface area (TPSA) is 33.1 Å². The summed E-state index contributed by atoms with van der Waals surface area (Å²) in [4.78, 5) is 4.74. The molecule has 1 atom stereocenters. The summed E-state index contributed by atoms with van der Waals surface area (Å²) in [7, 11) is 0. The molecule has 0 amide bonds. The van der Waals surface area contributed by atoms with E-state index in [1.54, 1.807) is 13.8 Å². The molecule has 1 aromatic heterocycles. The van der Waals surface area contributed by atoms with Crippen LogP contribution in [0.3, 0.4) is 0 Å². The van der Waals surface area contributed by atoms with Crippen molar-refractivity contribution in [3.05, 3.63) is 40.2 Å². The van der Waals surface area contributed by atoms with Gasteiger partial charge in [-0.3, -0.25) is 0 Å². The fourth-order valence-electron chi connectivity index (χ4n) is 1.60. The molecule has 2 aromatic rings. The Bertz CT molecular complexity index is 572. The lowest BCUT2D eigenvalue weighted by atomic mass is 10.2. The van der Waals surface area contributed by atoms with E-state index in [1.807, 2.05) is 0 Å². The summed E-state index contributed by atoms with van der Waals surface area (Å²) in [6.07, 6.45) is -0.702. The van der Waals surface area contributed by atoms with Crippen LogP contribution in [0.4, 0.5) is 13.2 Å². The molecule has 0 fully saturated rings. The molecule has 0 saturated carbocycles. The molecule has 0 saturated heterocycles. The summed E-state index contributed by atoms with van der Waals surface area (Å²) < 4.78 is 39.0. The number of nitrogens with zero attached hydrogens (tertiary/aromatic N) is 1. The van der Waals surface area contributed by atoms with Crippen LogP contribution in [0.1, 0.15) is 23.6 Å². The molecule has 0 aliphatic rings. The van der Waals surface area contributed by atoms with Crippen LogP contribution in [0.2, 0.25) is 0 Å². The van der Waals surface area contributed by atoms with Crippen molar-refractivity contribution < 1.29 is 18.3 Å². The minimum atomic E-state index is -1.50. The minimum absolute atomic E-state index is 0.159. The van der Waals surface area contributed by atoms with Crippen molar-refractivity contribution in [2.24, 2.45) is 0 Å². The molecule has 1 heterocycles. The average Bonchev–Trinajstić information content (AvgIpc) is 2.67. The summed E-state index contributed by atoms with van der Waals surface area (Å²) in [5.74, 6) is -4.00. The third kappa shape index (κ3) is 2.26. The number of hydrogen-bond acceptors (Lipinski definition) is 3. The van der Waals surface area contributed by atoms with Gasteiger partial charge in [-0.25, -0.2) is 18.2 Å². The van der Waals surface area contributed by atoms with Gasteiger partial charge in [-0.1, -0.05) is 0 Å². The van der Waals surface area contributed by atoms with Crippen molar-refractivity contribution in [2.75, 3.05) is 0 Å². The Morgan fingerprint density at radius 3 is 2.22 bits per heavy atom. The first-order valence-electron chi connectivity index (χ1n) is 5.20. The molecule has 2 nitrogen and oxygen atoms in total. The Morgan fingerprint density at radius 1 is 1.22 bits per heavy atom. The molecule has 18 heavy (non-hydrogen) atoms. The molecular formula is C12H10F3NOS. The van der Waals surface area contributed by atoms with E-state index in [-0.39, 0.29) is 5.56 Å². The molecule has 0 radical (unpaired) electrons. The molecule has 0 aliphatic heterocycles. The van der Waals surface area contributed by atoms with Crippen LogP contribution in [0, 0.1) is 24.4 Å². The van der Waals surface area contributed by atoms with E-state index in [0.29, 0.717) is 15.6 Å². The van der Waals surface area contributed by atoms with Crippen LogP contribution in [-0.4, -0.2) is 10.1 Å². The van der Waals surface area contributed by atoms with Gasteiger partial charge < -0.3 is 5.11 Å². The molecule has 1 N–H and O–H groups in total. The molecular weight excluding hydrogens is 263 g/mol. The Hall–Kier alpha value is -1.40. The van der Waals surface area contributed by atoms with E-state index < -0.39 is 23.6 Å². The highest BCUT2D eigenvalue weighted by Gasteiger charge is 2.17. The zero-order chi connectivity index (χ0) is 13.4. The summed E-state index contributed by atoms with van der Waals surface area (Å²) in [5, 5.41) is 9.83. The van der Waals surface area contributed by atoms with Gasteiger partial charge in [0.05, 0.1) is 16.7 Å². The highest BCUT2D eigenvalue weighted by molar-refractivity contribution is 7.15. The Kier molecular flexibility index (Phi) is 3.41. The van der Waals surface area contributed by atoms with E-state index in [1.165, 1.54) is 0 Å². The maximum atomic E-state index is 13.1. The van der Waals surface area contributed by atoms with E-state index in [4.69, 9.17) is 0 Å². The fourth-order valence-corrected chi connectivity index (χ4v) is 2.59. The smallest absolute Gasteiger partial charge is 0.194 e. The fraction of sp³-hybridized carbons (Fsp3) is 0.250. The van der Waals surface area contributed by atoms with Gasteiger partial charge in [-0.15, -0.1) is 11.3 Å². The van der Waals surface area contributed by atoms with Crippen molar-refractivity contribution in [3.63, 3.8) is 0 Å². The van der Waals surface area contributed by atoms with Gasteiger partial charge in [-0.05, 0) is 26.0 Å². The van der Waals surface area contributed by atoms with Crippen molar-refractivity contribution in [2.45, 2.75) is 20.0 Å². The van der Waals surface area contributed by atoms with E-state index in [9.17, 15) is 18.3 Å². The standard InChI is InChI=1S/C12H10F3NOS/c1-5-11(6(2)17)18-12(16-5)7-3-8(13)10(15)9(14)4-7/h3-4,6,17H,1-2H3. The second-order valence-electron chi connectivity index (χ2n) is 3.90. The van der Waals surface area contributed by atoms with Gasteiger partial charge in [0.15, 0.2) is 17.5 Å². The van der Waals surface area contributed by atoms with Crippen LogP contribution < -0.4 is 0 Å². The number of aryl methyl sites for hydroxylation is 1. The van der Waals surface area contributed by atoms with Crippen molar-refractivity contribution in [3.8, 4) is 10.6 Å². The lowest BCUT2D eigenvalue weighted by Crippen LogP contribution is -1.91. The number of aromatic nitrogens is 1. The van der Waals surface area contributed by atoms with Gasteiger partial charge in [0.1, 0.15) is 5.01 Å². The molecule has 96 valence electrons. The molecule has 0 aliphatic carbocycles. The lowest BCUT2D eigenvalue weighted by molar-refractivity contribution is 0.202. The number of aliphatic hydroxyl groups is 1. The highest BCUT2D eigenvalue weighted by atomic mass is 32.1. The van der Waals surface area contributed by atoms with Gasteiger partial charge in [0, 0.05) is 5.56 Å². The predicted octanol–water partition coefficient (Wildman–Crippen LogP) is 3.59. The molecule has 0 bridgehead atoms. The SMILES string of the molecule is Cc1nc(-c2cc(F)c(F)c(F)c2)sc1C(C)O. The van der Waals surface area contributed by atoms with Gasteiger partial charge in [0.25, 0.3) is 0 Å². The Balaban J connectivity index is 2.52. The number of rotatable bonds is 2. The summed E-state index contributed by atoms with van der Waals surface area (Å²) in [6.45, 7) is 3.27. The van der Waals surface area contributed by atoms with Crippen molar-refractivity contribution in [1.29, 1.82) is 0 Å². The van der Waals surface area contributed by atoms with Crippen molar-refractivity contribution >= 4 is 11.3 Å². The quantitative estimate of drug-likeness (QED) is 0.848. The maximum Gasteiger partial charge on any atom is 0.194 e. The van der Waals surface area contributed by atoms with Gasteiger partial charge in [-0.2, -0.15) is 0 Å². The molecule has 6 heteroatoms. The third-order valence-corrected chi connectivity index (χ3v) is 3.82. The van der Waals surface area contributed by atoms with Crippen molar-refractivity contribution in [1.82, 2.24) is 4.98 Å². The zero-order valence-electron chi connectivity index (χ0n) is 9.67. The monoisotopic (exact) mass is 273 g/mol. The first-order valence-corrected chi connectivity index (χ1v) is 6.02. The van der Waals surface area contributed by atoms with Crippen LogP contribution >= 0.6 is 11.3 Å². The summed E-state index contributed by atoms with van der Waals surface area (Å²) in [6, 6.07) is 1.78. The van der Waals surface area contributed by atoms with Crippen LogP contribution in [-0.2, 0) is 0 Å². The highest BCUT2D eigenvalue weighted by Crippen LogP contribution is 2.32. The second-order valence-corrected chi connectivity index (χ2v) is 4.93. The lowest BCUT2D eigenvalue weighted by Gasteiger charge is -2.00. The number of thiazole rings is 1. The molecule has 1 aromatic carbocycles. The van der Waals surface area contributed by atoms with Gasteiger partial charge in [0.2, 0.25) is 0 Å². The molecule has 0 spiro atoms. The van der Waals surface area contributed by atoms with Gasteiger partial charge >= 0.3 is 0 Å². The second kappa shape index (κ2) is 4.70. The predicted molar refractivity (Wildman–Crippen MR) is 62.8 cm³/mol. The largest absolute Gasteiger partial charge is 0.388 e. The summed E-state index contributed by atoms with van der Waals surface area (Å²) in [5.41, 5.74) is 0.751. The van der Waals surface area contributed by atoms with Crippen LogP contribution in [0.25, 0.3) is 10.6 Å². The Morgan fingerprint density at radius 2 is 1.78 bits per heavy atom. The van der Waals surface area contributed by atoms with Crippen LogP contribution in [0.15, 0.2) is 12.1 Å². The third-order valence-electron chi connectivity index (χ3n) is 2.44. The first-order chi connectivity index (χ1) is 8.40. The number of halogens is 3. The first kappa shape index (κ1) is 13.0. The zero-order valence-corrected chi connectivity index (χ0v) is 10.5. The Labute approximate surface area is 106 Å². The van der Waals surface area contributed by atoms with E-state index >= 15 is 0 Å². The number of benzene rings is 1. The average molecular weight is 273 g/mol. The molecule has 1 unspecified atom stereocenters. The normalized spacial score (nSPS) is 12.8. The molecule has 2 rings (SSSR count).